The van der Waals surface area contributed by atoms with Crippen LogP contribution >= 0.6 is 0 Å². The van der Waals surface area contributed by atoms with Crippen molar-refractivity contribution in [3.05, 3.63) is 0 Å². The van der Waals surface area contributed by atoms with E-state index >= 15 is 0 Å². The van der Waals surface area contributed by atoms with Gasteiger partial charge in [-0.05, 0) is 18.3 Å². The third-order valence-electron chi connectivity index (χ3n) is 2.58. The average molecular weight is 168 g/mol. The van der Waals surface area contributed by atoms with Crippen LogP contribution in [0.2, 0.25) is 0 Å². The molecule has 1 heterocycles. The number of hydrogen-bond acceptors (Lipinski definition) is 2. The average Bonchev–Trinajstić information content (AvgIpc) is 2.67. The van der Waals surface area contributed by atoms with Crippen LogP contribution in [-0.4, -0.2) is 29.9 Å². The predicted molar refractivity (Wildman–Crippen MR) is 42.5 cm³/mol. The molecular weight excluding hydrogens is 156 g/mol. The van der Waals surface area contributed by atoms with Gasteiger partial charge in [-0.2, -0.15) is 0 Å². The molecule has 0 unspecified atom stereocenters. The molecule has 1 saturated carbocycles. The molecule has 66 valence electrons. The Kier molecular flexibility index (Phi) is 1.40. The zero-order valence-corrected chi connectivity index (χ0v) is 7.09. The Morgan fingerprint density at radius 3 is 2.58 bits per heavy atom. The molecule has 12 heavy (non-hydrogen) atoms. The Hall–Kier alpha value is -1.06. The standard InChI is InChI=1S/C8H12N2O2/c1-8(2-3-8)5-10-6(11)4-9-7(10)12/h2-5H2,1H3,(H,9,12). The van der Waals surface area contributed by atoms with Gasteiger partial charge in [0.05, 0.1) is 6.54 Å². The minimum absolute atomic E-state index is 0.0897. The van der Waals surface area contributed by atoms with Crippen LogP contribution in [0.4, 0.5) is 4.79 Å². The number of imide groups is 1. The molecule has 0 bridgehead atoms. The van der Waals surface area contributed by atoms with Gasteiger partial charge in [-0.25, -0.2) is 4.79 Å². The number of rotatable bonds is 2. The van der Waals surface area contributed by atoms with Crippen LogP contribution in [-0.2, 0) is 4.79 Å². The summed E-state index contributed by atoms with van der Waals surface area (Å²) in [7, 11) is 0. The van der Waals surface area contributed by atoms with Crippen molar-refractivity contribution in [3.63, 3.8) is 0 Å². The van der Waals surface area contributed by atoms with Gasteiger partial charge in [0, 0.05) is 6.54 Å². The highest BCUT2D eigenvalue weighted by Crippen LogP contribution is 2.45. The van der Waals surface area contributed by atoms with Gasteiger partial charge in [0.2, 0.25) is 5.91 Å². The largest absolute Gasteiger partial charge is 0.329 e. The first kappa shape index (κ1) is 7.58. The number of hydrogen-bond donors (Lipinski definition) is 1. The molecule has 0 spiro atoms. The third-order valence-corrected chi connectivity index (χ3v) is 2.58. The lowest BCUT2D eigenvalue weighted by atomic mass is 10.1. The molecule has 2 aliphatic rings. The molecule has 4 heteroatoms. The Balaban J connectivity index is 2.02. The van der Waals surface area contributed by atoms with Gasteiger partial charge in [0.1, 0.15) is 0 Å². The smallest absolute Gasteiger partial charge is 0.324 e. The predicted octanol–water partition coefficient (Wildman–Crippen LogP) is 0.338. The van der Waals surface area contributed by atoms with Gasteiger partial charge < -0.3 is 5.32 Å². The molecule has 0 aromatic carbocycles. The quantitative estimate of drug-likeness (QED) is 0.604. The number of urea groups is 1. The minimum Gasteiger partial charge on any atom is -0.329 e. The molecule has 4 nitrogen and oxygen atoms in total. The van der Waals surface area contributed by atoms with E-state index < -0.39 is 0 Å². The summed E-state index contributed by atoms with van der Waals surface area (Å²) in [5.41, 5.74) is 0.220. The van der Waals surface area contributed by atoms with Gasteiger partial charge in [-0.3, -0.25) is 9.69 Å². The van der Waals surface area contributed by atoms with Crippen molar-refractivity contribution in [1.82, 2.24) is 10.2 Å². The fourth-order valence-electron chi connectivity index (χ4n) is 1.37. The first-order valence-corrected chi connectivity index (χ1v) is 4.19. The lowest BCUT2D eigenvalue weighted by molar-refractivity contribution is -0.125. The normalized spacial score (nSPS) is 25.9. The van der Waals surface area contributed by atoms with Crippen LogP contribution in [0.25, 0.3) is 0 Å². The van der Waals surface area contributed by atoms with E-state index in [1.54, 1.807) is 0 Å². The monoisotopic (exact) mass is 168 g/mol. The summed E-state index contributed by atoms with van der Waals surface area (Å²) in [6.07, 6.45) is 2.26. The summed E-state index contributed by atoms with van der Waals surface area (Å²) in [5.74, 6) is -0.0897. The molecule has 2 fully saturated rings. The summed E-state index contributed by atoms with van der Waals surface area (Å²) in [6.45, 7) is 2.87. The molecule has 1 aliphatic heterocycles. The summed E-state index contributed by atoms with van der Waals surface area (Å²) < 4.78 is 0. The fraction of sp³-hybridized carbons (Fsp3) is 0.750. The molecule has 0 aromatic heterocycles. The van der Waals surface area contributed by atoms with Crippen molar-refractivity contribution in [3.8, 4) is 0 Å². The minimum atomic E-state index is -0.229. The molecule has 0 radical (unpaired) electrons. The Morgan fingerprint density at radius 1 is 1.50 bits per heavy atom. The highest BCUT2D eigenvalue weighted by Gasteiger charge is 2.43. The van der Waals surface area contributed by atoms with E-state index in [9.17, 15) is 9.59 Å². The van der Waals surface area contributed by atoms with Crippen molar-refractivity contribution in [1.29, 1.82) is 0 Å². The maximum atomic E-state index is 11.1. The Labute approximate surface area is 70.9 Å². The molecule has 0 atom stereocenters. The van der Waals surface area contributed by atoms with Crippen molar-refractivity contribution in [2.45, 2.75) is 19.8 Å². The summed E-state index contributed by atoms with van der Waals surface area (Å²) in [4.78, 5) is 23.5. The van der Waals surface area contributed by atoms with Crippen LogP contribution in [0.1, 0.15) is 19.8 Å². The molecule has 0 aromatic rings. The SMILES string of the molecule is CC1(CN2C(=O)CNC2=O)CC1. The Bertz CT molecular complexity index is 229. The molecule has 1 aliphatic carbocycles. The maximum Gasteiger partial charge on any atom is 0.324 e. The van der Waals surface area contributed by atoms with Crippen molar-refractivity contribution < 1.29 is 9.59 Å². The van der Waals surface area contributed by atoms with E-state index in [0.717, 1.165) is 12.8 Å². The summed E-state index contributed by atoms with van der Waals surface area (Å²) in [5, 5.41) is 2.51. The first-order chi connectivity index (χ1) is 5.61. The fourth-order valence-corrected chi connectivity index (χ4v) is 1.37. The van der Waals surface area contributed by atoms with Gasteiger partial charge in [0.25, 0.3) is 0 Å². The van der Waals surface area contributed by atoms with Crippen LogP contribution < -0.4 is 5.32 Å². The summed E-state index contributed by atoms with van der Waals surface area (Å²) >= 11 is 0. The van der Waals surface area contributed by atoms with Gasteiger partial charge in [0.15, 0.2) is 0 Å². The van der Waals surface area contributed by atoms with Gasteiger partial charge in [-0.15, -0.1) is 0 Å². The second-order valence-electron chi connectivity index (χ2n) is 3.95. The van der Waals surface area contributed by atoms with Crippen LogP contribution in [0.15, 0.2) is 0 Å². The number of amides is 3. The summed E-state index contributed by atoms with van der Waals surface area (Å²) in [6, 6.07) is -0.229. The third kappa shape index (κ3) is 1.17. The van der Waals surface area contributed by atoms with E-state index in [-0.39, 0.29) is 23.9 Å². The molecule has 1 saturated heterocycles. The van der Waals surface area contributed by atoms with E-state index in [2.05, 4.69) is 12.2 Å². The molecule has 3 amide bonds. The lowest BCUT2D eigenvalue weighted by Crippen LogP contribution is -2.35. The number of carbonyl (C=O) groups excluding carboxylic acids is 2. The second kappa shape index (κ2) is 2.21. The maximum absolute atomic E-state index is 11.1. The van der Waals surface area contributed by atoms with Crippen LogP contribution in [0, 0.1) is 5.41 Å². The first-order valence-electron chi connectivity index (χ1n) is 4.19. The Morgan fingerprint density at radius 2 is 2.17 bits per heavy atom. The van der Waals surface area contributed by atoms with Crippen molar-refractivity contribution in [2.75, 3.05) is 13.1 Å². The number of nitrogens with zero attached hydrogens (tertiary/aromatic N) is 1. The van der Waals surface area contributed by atoms with Gasteiger partial charge in [-0.1, -0.05) is 6.92 Å². The molecule has 1 N–H and O–H groups in total. The van der Waals surface area contributed by atoms with Crippen molar-refractivity contribution in [2.24, 2.45) is 5.41 Å². The topological polar surface area (TPSA) is 49.4 Å². The molecular formula is C8H12N2O2. The highest BCUT2D eigenvalue weighted by atomic mass is 16.2. The number of carbonyl (C=O) groups is 2. The van der Waals surface area contributed by atoms with Gasteiger partial charge >= 0.3 is 6.03 Å². The van der Waals surface area contributed by atoms with E-state index in [1.807, 2.05) is 0 Å². The van der Waals surface area contributed by atoms with E-state index in [0.29, 0.717) is 6.54 Å². The van der Waals surface area contributed by atoms with Crippen LogP contribution in [0.5, 0.6) is 0 Å². The highest BCUT2D eigenvalue weighted by molar-refractivity contribution is 6.01. The zero-order chi connectivity index (χ0) is 8.77. The van der Waals surface area contributed by atoms with Crippen LogP contribution in [0.3, 0.4) is 0 Å². The second-order valence-corrected chi connectivity index (χ2v) is 3.95. The zero-order valence-electron chi connectivity index (χ0n) is 7.09. The lowest BCUT2D eigenvalue weighted by Gasteiger charge is -2.16. The van der Waals surface area contributed by atoms with Crippen molar-refractivity contribution >= 4 is 11.9 Å². The molecule has 2 rings (SSSR count). The number of nitrogens with one attached hydrogen (secondary N) is 1. The van der Waals surface area contributed by atoms with E-state index in [4.69, 9.17) is 0 Å². The van der Waals surface area contributed by atoms with E-state index in [1.165, 1.54) is 4.90 Å².